The van der Waals surface area contributed by atoms with Gasteiger partial charge in [0.25, 0.3) is 0 Å². The second kappa shape index (κ2) is 3.85. The molecule has 0 aliphatic heterocycles. The van der Waals surface area contributed by atoms with Gasteiger partial charge in [-0.25, -0.2) is 13.2 Å². The minimum Gasteiger partial charge on any atom is -0.206 e. The van der Waals surface area contributed by atoms with Crippen LogP contribution >= 0.6 is 11.8 Å². The smallest absolute Gasteiger partial charge is 0.175 e. The minimum absolute atomic E-state index is 0.238. The summed E-state index contributed by atoms with van der Waals surface area (Å²) in [6.45, 7) is 1.74. The zero-order valence-corrected chi connectivity index (χ0v) is 7.22. The molecule has 0 aliphatic rings. The molecule has 66 valence electrons. The lowest BCUT2D eigenvalue weighted by Gasteiger charge is -2.02. The lowest BCUT2D eigenvalue weighted by atomic mass is 10.3. The molecule has 1 rings (SSSR count). The van der Waals surface area contributed by atoms with Gasteiger partial charge in [0.15, 0.2) is 11.6 Å². The second-order valence-corrected chi connectivity index (χ2v) is 3.38. The van der Waals surface area contributed by atoms with E-state index < -0.39 is 17.5 Å². The van der Waals surface area contributed by atoms with Crippen molar-refractivity contribution in [1.29, 1.82) is 0 Å². The molecule has 0 heterocycles. The maximum absolute atomic E-state index is 12.8. The van der Waals surface area contributed by atoms with Gasteiger partial charge in [-0.3, -0.25) is 0 Å². The van der Waals surface area contributed by atoms with Crippen molar-refractivity contribution in [2.75, 3.05) is 5.75 Å². The standard InChI is InChI=1S/C8H7F3S/c1-2-12-8-6(10)4-3-5(9)7(8)11/h3-4H,2H2,1H3. The minimum atomic E-state index is -1.10. The Bertz CT molecular complexity index is 286. The molecular formula is C8H7F3S. The highest BCUT2D eigenvalue weighted by molar-refractivity contribution is 7.99. The van der Waals surface area contributed by atoms with Gasteiger partial charge >= 0.3 is 0 Å². The van der Waals surface area contributed by atoms with Crippen LogP contribution in [0.2, 0.25) is 0 Å². The van der Waals surface area contributed by atoms with Crippen LogP contribution in [0, 0.1) is 17.5 Å². The number of thioether (sulfide) groups is 1. The van der Waals surface area contributed by atoms with E-state index in [1.165, 1.54) is 0 Å². The molecule has 4 heteroatoms. The van der Waals surface area contributed by atoms with Crippen molar-refractivity contribution in [1.82, 2.24) is 0 Å². The summed E-state index contributed by atoms with van der Waals surface area (Å²) in [6.07, 6.45) is 0. The molecule has 0 fully saturated rings. The largest absolute Gasteiger partial charge is 0.206 e. The Hall–Kier alpha value is -0.640. The maximum atomic E-state index is 12.8. The summed E-state index contributed by atoms with van der Waals surface area (Å²) in [6, 6.07) is 1.71. The van der Waals surface area contributed by atoms with Gasteiger partial charge in [-0.05, 0) is 17.9 Å². The topological polar surface area (TPSA) is 0 Å². The average molecular weight is 192 g/mol. The predicted molar refractivity (Wildman–Crippen MR) is 42.7 cm³/mol. The summed E-state index contributed by atoms with van der Waals surface area (Å²) in [4.78, 5) is -0.238. The molecule has 0 nitrogen and oxygen atoms in total. The first kappa shape index (κ1) is 9.45. The van der Waals surface area contributed by atoms with Gasteiger partial charge in [0.2, 0.25) is 0 Å². The van der Waals surface area contributed by atoms with E-state index in [-0.39, 0.29) is 4.90 Å². The Kier molecular flexibility index (Phi) is 3.03. The molecule has 0 aliphatic carbocycles. The van der Waals surface area contributed by atoms with Crippen LogP contribution in [-0.2, 0) is 0 Å². The van der Waals surface area contributed by atoms with E-state index in [2.05, 4.69) is 0 Å². The van der Waals surface area contributed by atoms with E-state index >= 15 is 0 Å². The van der Waals surface area contributed by atoms with Gasteiger partial charge in [0, 0.05) is 0 Å². The molecule has 0 saturated carbocycles. The van der Waals surface area contributed by atoms with Crippen molar-refractivity contribution in [3.8, 4) is 0 Å². The Balaban J connectivity index is 3.14. The van der Waals surface area contributed by atoms with Crippen molar-refractivity contribution < 1.29 is 13.2 Å². The van der Waals surface area contributed by atoms with Crippen LogP contribution in [0.5, 0.6) is 0 Å². The Morgan fingerprint density at radius 2 is 1.75 bits per heavy atom. The molecule has 0 radical (unpaired) electrons. The monoisotopic (exact) mass is 192 g/mol. The zero-order chi connectivity index (χ0) is 9.14. The van der Waals surface area contributed by atoms with Crippen molar-refractivity contribution in [3.63, 3.8) is 0 Å². The van der Waals surface area contributed by atoms with Crippen molar-refractivity contribution in [2.24, 2.45) is 0 Å². The van der Waals surface area contributed by atoms with E-state index in [9.17, 15) is 13.2 Å². The number of halogens is 3. The van der Waals surface area contributed by atoms with E-state index in [0.29, 0.717) is 5.75 Å². The number of hydrogen-bond acceptors (Lipinski definition) is 1. The molecule has 0 bridgehead atoms. The SMILES string of the molecule is CCSc1c(F)ccc(F)c1F. The van der Waals surface area contributed by atoms with Gasteiger partial charge in [-0.15, -0.1) is 11.8 Å². The highest BCUT2D eigenvalue weighted by Crippen LogP contribution is 2.26. The Morgan fingerprint density at radius 1 is 1.17 bits per heavy atom. The van der Waals surface area contributed by atoms with Crippen LogP contribution in [0.15, 0.2) is 17.0 Å². The third-order valence-electron chi connectivity index (χ3n) is 1.29. The van der Waals surface area contributed by atoms with Crippen LogP contribution < -0.4 is 0 Å². The molecule has 0 saturated heterocycles. The average Bonchev–Trinajstić information content (AvgIpc) is 2.06. The lowest BCUT2D eigenvalue weighted by Crippen LogP contribution is -1.92. The fourth-order valence-corrected chi connectivity index (χ4v) is 1.50. The second-order valence-electron chi connectivity index (χ2n) is 2.11. The molecule has 0 atom stereocenters. The summed E-state index contributed by atoms with van der Waals surface area (Å²) < 4.78 is 38.1. The maximum Gasteiger partial charge on any atom is 0.175 e. The number of hydrogen-bond donors (Lipinski definition) is 0. The van der Waals surface area contributed by atoms with Gasteiger partial charge in [0.1, 0.15) is 5.82 Å². The summed E-state index contributed by atoms with van der Waals surface area (Å²) in [5, 5.41) is 0. The summed E-state index contributed by atoms with van der Waals surface area (Å²) >= 11 is 0.953. The summed E-state index contributed by atoms with van der Waals surface area (Å²) in [7, 11) is 0. The van der Waals surface area contributed by atoms with E-state index in [1.807, 2.05) is 0 Å². The summed E-state index contributed by atoms with van der Waals surface area (Å²) in [5.74, 6) is -2.30. The Morgan fingerprint density at radius 3 is 2.33 bits per heavy atom. The molecule has 0 spiro atoms. The summed E-state index contributed by atoms with van der Waals surface area (Å²) in [5.41, 5.74) is 0. The molecule has 1 aromatic rings. The number of benzene rings is 1. The Labute approximate surface area is 72.8 Å². The van der Waals surface area contributed by atoms with Crippen LogP contribution in [0.4, 0.5) is 13.2 Å². The molecular weight excluding hydrogens is 185 g/mol. The van der Waals surface area contributed by atoms with Crippen LogP contribution in [0.1, 0.15) is 6.92 Å². The first-order valence-corrected chi connectivity index (χ1v) is 4.41. The predicted octanol–water partition coefficient (Wildman–Crippen LogP) is 3.22. The lowest BCUT2D eigenvalue weighted by molar-refractivity contribution is 0.467. The van der Waals surface area contributed by atoms with E-state index in [0.717, 1.165) is 23.9 Å². The molecule has 0 aromatic heterocycles. The third kappa shape index (κ3) is 1.75. The molecule has 0 N–H and O–H groups in total. The molecule has 0 amide bonds. The quantitative estimate of drug-likeness (QED) is 0.512. The highest BCUT2D eigenvalue weighted by atomic mass is 32.2. The molecule has 0 unspecified atom stereocenters. The van der Waals surface area contributed by atoms with E-state index in [4.69, 9.17) is 0 Å². The van der Waals surface area contributed by atoms with E-state index in [1.54, 1.807) is 6.92 Å². The van der Waals surface area contributed by atoms with Crippen molar-refractivity contribution in [2.45, 2.75) is 11.8 Å². The van der Waals surface area contributed by atoms with Gasteiger partial charge < -0.3 is 0 Å². The highest BCUT2D eigenvalue weighted by Gasteiger charge is 2.12. The normalized spacial score (nSPS) is 10.3. The van der Waals surface area contributed by atoms with Crippen LogP contribution in [-0.4, -0.2) is 5.75 Å². The zero-order valence-electron chi connectivity index (χ0n) is 6.40. The molecule has 1 aromatic carbocycles. The number of rotatable bonds is 2. The fraction of sp³-hybridized carbons (Fsp3) is 0.250. The first-order chi connectivity index (χ1) is 5.66. The van der Waals surface area contributed by atoms with Gasteiger partial charge in [-0.2, -0.15) is 0 Å². The van der Waals surface area contributed by atoms with Crippen molar-refractivity contribution >= 4 is 11.8 Å². The van der Waals surface area contributed by atoms with Gasteiger partial charge in [-0.1, -0.05) is 6.92 Å². The van der Waals surface area contributed by atoms with Crippen molar-refractivity contribution in [3.05, 3.63) is 29.6 Å². The third-order valence-corrected chi connectivity index (χ3v) is 2.24. The van der Waals surface area contributed by atoms with Gasteiger partial charge in [0.05, 0.1) is 4.90 Å². The molecule has 12 heavy (non-hydrogen) atoms. The fourth-order valence-electron chi connectivity index (χ4n) is 0.785. The first-order valence-electron chi connectivity index (χ1n) is 3.43. The van der Waals surface area contributed by atoms with Crippen LogP contribution in [0.25, 0.3) is 0 Å². The van der Waals surface area contributed by atoms with Crippen LogP contribution in [0.3, 0.4) is 0 Å².